The molecule has 0 aliphatic heterocycles. The molecule has 0 aliphatic carbocycles. The van der Waals surface area contributed by atoms with Gasteiger partial charge in [0.2, 0.25) is 5.89 Å². The van der Waals surface area contributed by atoms with E-state index < -0.39 is 5.97 Å². The molecule has 0 saturated heterocycles. The van der Waals surface area contributed by atoms with Crippen molar-refractivity contribution in [1.82, 2.24) is 9.88 Å². The molecule has 2 amide bonds. The fourth-order valence-corrected chi connectivity index (χ4v) is 2.42. The quantitative estimate of drug-likeness (QED) is 0.653. The van der Waals surface area contributed by atoms with Gasteiger partial charge in [-0.25, -0.2) is 14.6 Å². The zero-order valence-electron chi connectivity index (χ0n) is 16.7. The predicted molar refractivity (Wildman–Crippen MR) is 104 cm³/mol. The molecule has 28 heavy (non-hydrogen) atoms. The van der Waals surface area contributed by atoms with E-state index in [1.807, 2.05) is 6.92 Å². The van der Waals surface area contributed by atoms with Crippen LogP contribution in [0, 0.1) is 5.92 Å². The number of rotatable bonds is 9. The third-order valence-corrected chi connectivity index (χ3v) is 3.95. The third kappa shape index (κ3) is 6.29. The Kier molecular flexibility index (Phi) is 7.86. The molecule has 1 aromatic heterocycles. The molecule has 1 aromatic carbocycles. The highest BCUT2D eigenvalue weighted by Gasteiger charge is 2.19. The lowest BCUT2D eigenvalue weighted by Crippen LogP contribution is -2.36. The number of aromatic nitrogens is 1. The first kappa shape index (κ1) is 21.3. The van der Waals surface area contributed by atoms with Crippen molar-refractivity contribution in [2.75, 3.05) is 25.6 Å². The minimum atomic E-state index is -0.581. The summed E-state index contributed by atoms with van der Waals surface area (Å²) in [5.74, 6) is 0.858. The number of nitrogens with one attached hydrogen (secondary N) is 1. The van der Waals surface area contributed by atoms with Gasteiger partial charge in [-0.2, -0.15) is 0 Å². The average molecular weight is 389 g/mol. The van der Waals surface area contributed by atoms with Gasteiger partial charge in [0.1, 0.15) is 12.0 Å². The summed E-state index contributed by atoms with van der Waals surface area (Å²) < 4.78 is 15.3. The van der Waals surface area contributed by atoms with Crippen LogP contribution in [0.25, 0.3) is 0 Å². The van der Waals surface area contributed by atoms with E-state index in [9.17, 15) is 9.59 Å². The molecule has 0 radical (unpaired) electrons. The lowest BCUT2D eigenvalue weighted by atomic mass is 10.1. The first-order chi connectivity index (χ1) is 13.4. The standard InChI is InChI=1S/C20H27N3O5/c1-5-27-16-8-6-15(7-9-16)21-20(25)23(11-10-14(2)3)12-18-22-17(13-28-18)19(24)26-4/h6-9,13-14H,5,10-12H2,1-4H3,(H,21,25). The van der Waals surface area contributed by atoms with E-state index in [1.54, 1.807) is 29.2 Å². The number of oxazole rings is 1. The van der Waals surface area contributed by atoms with Crippen LogP contribution < -0.4 is 10.1 Å². The van der Waals surface area contributed by atoms with Crippen molar-refractivity contribution in [2.45, 2.75) is 33.7 Å². The summed E-state index contributed by atoms with van der Waals surface area (Å²) in [5, 5.41) is 2.87. The Hall–Kier alpha value is -3.03. The Morgan fingerprint density at radius 2 is 1.96 bits per heavy atom. The zero-order chi connectivity index (χ0) is 20.5. The lowest BCUT2D eigenvalue weighted by molar-refractivity contribution is 0.0594. The lowest BCUT2D eigenvalue weighted by Gasteiger charge is -2.22. The predicted octanol–water partition coefficient (Wildman–Crippen LogP) is 3.94. The number of urea groups is 1. The number of ether oxygens (including phenoxy) is 2. The second-order valence-electron chi connectivity index (χ2n) is 6.61. The summed E-state index contributed by atoms with van der Waals surface area (Å²) in [6.45, 7) is 7.34. The summed E-state index contributed by atoms with van der Waals surface area (Å²) in [5.41, 5.74) is 0.735. The summed E-state index contributed by atoms with van der Waals surface area (Å²) in [7, 11) is 1.27. The number of carbonyl (C=O) groups excluding carboxylic acids is 2. The number of carbonyl (C=O) groups is 2. The number of nitrogens with zero attached hydrogens (tertiary/aromatic N) is 2. The van der Waals surface area contributed by atoms with Crippen LogP contribution in [-0.2, 0) is 11.3 Å². The van der Waals surface area contributed by atoms with Crippen molar-refractivity contribution in [2.24, 2.45) is 5.92 Å². The van der Waals surface area contributed by atoms with Gasteiger partial charge in [0, 0.05) is 12.2 Å². The number of benzene rings is 1. The highest BCUT2D eigenvalue weighted by Crippen LogP contribution is 2.17. The van der Waals surface area contributed by atoms with Gasteiger partial charge < -0.3 is 24.1 Å². The Morgan fingerprint density at radius 3 is 2.57 bits per heavy atom. The van der Waals surface area contributed by atoms with Crippen LogP contribution in [0.3, 0.4) is 0 Å². The van der Waals surface area contributed by atoms with Crippen molar-refractivity contribution in [3.63, 3.8) is 0 Å². The third-order valence-electron chi connectivity index (χ3n) is 3.95. The number of hydrogen-bond donors (Lipinski definition) is 1. The number of esters is 1. The highest BCUT2D eigenvalue weighted by molar-refractivity contribution is 5.89. The smallest absolute Gasteiger partial charge is 0.360 e. The van der Waals surface area contributed by atoms with Gasteiger partial charge in [-0.15, -0.1) is 0 Å². The molecule has 0 atom stereocenters. The molecule has 1 heterocycles. The molecule has 0 spiro atoms. The molecule has 0 bridgehead atoms. The Labute approximate surface area is 164 Å². The molecular weight excluding hydrogens is 362 g/mol. The zero-order valence-corrected chi connectivity index (χ0v) is 16.7. The maximum atomic E-state index is 12.8. The van der Waals surface area contributed by atoms with Crippen molar-refractivity contribution in [1.29, 1.82) is 0 Å². The van der Waals surface area contributed by atoms with Crippen molar-refractivity contribution >= 4 is 17.7 Å². The summed E-state index contributed by atoms with van der Waals surface area (Å²) in [6, 6.07) is 6.89. The van der Waals surface area contributed by atoms with Crippen LogP contribution in [0.4, 0.5) is 10.5 Å². The molecule has 0 unspecified atom stereocenters. The molecule has 1 N–H and O–H groups in total. The molecule has 2 aromatic rings. The van der Waals surface area contributed by atoms with Crippen molar-refractivity contribution in [3.05, 3.63) is 42.1 Å². The van der Waals surface area contributed by atoms with E-state index in [-0.39, 0.29) is 24.2 Å². The molecule has 0 fully saturated rings. The van der Waals surface area contributed by atoms with Gasteiger partial charge in [-0.05, 0) is 43.5 Å². The van der Waals surface area contributed by atoms with Gasteiger partial charge in [0.25, 0.3) is 0 Å². The van der Waals surface area contributed by atoms with E-state index in [1.165, 1.54) is 13.4 Å². The molecule has 8 nitrogen and oxygen atoms in total. The second kappa shape index (κ2) is 10.3. The van der Waals surface area contributed by atoms with Crippen LogP contribution in [0.2, 0.25) is 0 Å². The van der Waals surface area contributed by atoms with E-state index in [2.05, 4.69) is 28.9 Å². The van der Waals surface area contributed by atoms with E-state index in [0.29, 0.717) is 24.8 Å². The number of anilines is 1. The first-order valence-electron chi connectivity index (χ1n) is 9.24. The normalized spacial score (nSPS) is 10.6. The molecule has 0 saturated carbocycles. The fourth-order valence-electron chi connectivity index (χ4n) is 2.42. The second-order valence-corrected chi connectivity index (χ2v) is 6.61. The number of hydrogen-bond acceptors (Lipinski definition) is 6. The van der Waals surface area contributed by atoms with E-state index in [4.69, 9.17) is 9.15 Å². The van der Waals surface area contributed by atoms with Gasteiger partial charge in [-0.1, -0.05) is 13.8 Å². The van der Waals surface area contributed by atoms with Crippen LogP contribution in [-0.4, -0.2) is 42.1 Å². The van der Waals surface area contributed by atoms with Gasteiger partial charge in [-0.3, -0.25) is 0 Å². The SMILES string of the molecule is CCOc1ccc(NC(=O)N(CCC(C)C)Cc2nc(C(=O)OC)co2)cc1. The largest absolute Gasteiger partial charge is 0.494 e. The number of amides is 2. The summed E-state index contributed by atoms with van der Waals surface area (Å²) in [4.78, 5) is 30.0. The molecule has 8 heteroatoms. The Balaban J connectivity index is 2.06. The maximum absolute atomic E-state index is 12.8. The minimum Gasteiger partial charge on any atom is -0.494 e. The number of methoxy groups -OCH3 is 1. The van der Waals surface area contributed by atoms with Crippen molar-refractivity contribution < 1.29 is 23.5 Å². The summed E-state index contributed by atoms with van der Waals surface area (Å²) in [6.07, 6.45) is 2.05. The van der Waals surface area contributed by atoms with Crippen LogP contribution in [0.15, 0.2) is 34.9 Å². The van der Waals surface area contributed by atoms with Gasteiger partial charge in [0.15, 0.2) is 5.69 Å². The topological polar surface area (TPSA) is 93.9 Å². The Morgan fingerprint density at radius 1 is 1.25 bits per heavy atom. The van der Waals surface area contributed by atoms with Crippen LogP contribution in [0.1, 0.15) is 43.6 Å². The molecule has 152 valence electrons. The molecule has 2 rings (SSSR count). The molecular formula is C20H27N3O5. The van der Waals surface area contributed by atoms with Gasteiger partial charge in [0.05, 0.1) is 20.3 Å². The van der Waals surface area contributed by atoms with Crippen molar-refractivity contribution in [3.8, 4) is 5.75 Å². The Bertz CT molecular complexity index is 770. The summed E-state index contributed by atoms with van der Waals surface area (Å²) >= 11 is 0. The van der Waals surface area contributed by atoms with Crippen LogP contribution in [0.5, 0.6) is 5.75 Å². The van der Waals surface area contributed by atoms with E-state index in [0.717, 1.165) is 12.2 Å². The first-order valence-corrected chi connectivity index (χ1v) is 9.24. The van der Waals surface area contributed by atoms with Gasteiger partial charge >= 0.3 is 12.0 Å². The van der Waals surface area contributed by atoms with Crippen LogP contribution >= 0.6 is 0 Å². The fraction of sp³-hybridized carbons (Fsp3) is 0.450. The average Bonchev–Trinajstić information content (AvgIpc) is 3.14. The molecule has 0 aliphatic rings. The maximum Gasteiger partial charge on any atom is 0.360 e. The van der Waals surface area contributed by atoms with E-state index >= 15 is 0 Å². The minimum absolute atomic E-state index is 0.0771. The highest BCUT2D eigenvalue weighted by atomic mass is 16.5. The monoisotopic (exact) mass is 389 g/mol.